The van der Waals surface area contributed by atoms with E-state index in [1.165, 1.54) is 16.7 Å². The molecular formula is C17H21N3O4S. The van der Waals surface area contributed by atoms with Crippen LogP contribution in [0.4, 0.5) is 0 Å². The first-order valence-corrected chi connectivity index (χ1v) is 8.92. The maximum Gasteiger partial charge on any atom is 0.327 e. The van der Waals surface area contributed by atoms with Crippen LogP contribution in [0.25, 0.3) is 0 Å². The Labute approximate surface area is 149 Å². The zero-order valence-corrected chi connectivity index (χ0v) is 14.9. The molecule has 2 aliphatic rings. The second-order valence-corrected chi connectivity index (χ2v) is 8.61. The average Bonchev–Trinajstić information content (AvgIpc) is 2.81. The lowest BCUT2D eigenvalue weighted by atomic mass is 9.96. The zero-order valence-electron chi connectivity index (χ0n) is 14.1. The third-order valence-corrected chi connectivity index (χ3v) is 6.19. The van der Waals surface area contributed by atoms with Crippen LogP contribution in [-0.2, 0) is 27.3 Å². The van der Waals surface area contributed by atoms with Gasteiger partial charge < -0.3 is 21.1 Å². The largest absolute Gasteiger partial charge is 0.480 e. The van der Waals surface area contributed by atoms with Crippen LogP contribution in [0.15, 0.2) is 24.3 Å². The molecule has 0 aliphatic carbocycles. The number of hydrogen-bond donors (Lipinski definition) is 3. The molecule has 0 saturated carbocycles. The number of amides is 2. The Kier molecular flexibility index (Phi) is 4.51. The molecule has 8 heteroatoms. The Balaban J connectivity index is 1.63. The topological polar surface area (TPSA) is 113 Å². The number of β-lactam (4-membered cyclic amide) rings is 1. The Morgan fingerprint density at radius 1 is 1.28 bits per heavy atom. The summed E-state index contributed by atoms with van der Waals surface area (Å²) in [5, 5.41) is 11.8. The van der Waals surface area contributed by atoms with Crippen molar-refractivity contribution in [2.24, 2.45) is 5.73 Å². The van der Waals surface area contributed by atoms with Crippen LogP contribution >= 0.6 is 11.8 Å². The van der Waals surface area contributed by atoms with Gasteiger partial charge in [-0.05, 0) is 25.0 Å². The molecule has 3 atom stereocenters. The van der Waals surface area contributed by atoms with Crippen LogP contribution in [0, 0.1) is 0 Å². The van der Waals surface area contributed by atoms with E-state index in [0.717, 1.165) is 11.1 Å². The van der Waals surface area contributed by atoms with Crippen LogP contribution in [0.1, 0.15) is 25.0 Å². The predicted octanol–water partition coefficient (Wildman–Crippen LogP) is 0.320. The number of carbonyl (C=O) groups excluding carboxylic acids is 2. The van der Waals surface area contributed by atoms with Crippen molar-refractivity contribution >= 4 is 29.5 Å². The van der Waals surface area contributed by atoms with E-state index in [9.17, 15) is 19.5 Å². The lowest BCUT2D eigenvalue weighted by molar-refractivity contribution is -0.161. The number of nitrogens with one attached hydrogen (secondary N) is 1. The zero-order chi connectivity index (χ0) is 18.4. The van der Waals surface area contributed by atoms with Crippen LogP contribution in [0.5, 0.6) is 0 Å². The molecule has 1 aromatic rings. The minimum Gasteiger partial charge on any atom is -0.480 e. The molecule has 25 heavy (non-hydrogen) atoms. The number of nitrogens with zero attached hydrogens (tertiary/aromatic N) is 1. The molecule has 1 aromatic carbocycles. The van der Waals surface area contributed by atoms with E-state index in [0.29, 0.717) is 6.54 Å². The monoisotopic (exact) mass is 363 g/mol. The smallest absolute Gasteiger partial charge is 0.327 e. The normalized spacial score (nSPS) is 26.8. The molecule has 7 nitrogen and oxygen atoms in total. The molecule has 0 aromatic heterocycles. The highest BCUT2D eigenvalue weighted by atomic mass is 32.2. The number of aliphatic carboxylic acids is 1. The number of hydrogen-bond acceptors (Lipinski definition) is 5. The van der Waals surface area contributed by atoms with Gasteiger partial charge in [0.2, 0.25) is 11.8 Å². The van der Waals surface area contributed by atoms with Gasteiger partial charge in [-0.3, -0.25) is 9.59 Å². The molecule has 4 N–H and O–H groups in total. The van der Waals surface area contributed by atoms with Crippen molar-refractivity contribution in [1.29, 1.82) is 0 Å². The number of nitrogens with two attached hydrogens (primary N) is 1. The minimum absolute atomic E-state index is 0.164. The average molecular weight is 363 g/mol. The van der Waals surface area contributed by atoms with Gasteiger partial charge in [0.25, 0.3) is 0 Å². The molecule has 2 saturated heterocycles. The Bertz CT molecular complexity index is 719. The second-order valence-electron chi connectivity index (χ2n) is 6.84. The standard InChI is InChI=1S/C17H21N3O4S/c1-17(2)13(16(23)24)20-14(22)12(15(20)25-17)19-11(21)7-9-3-5-10(8-18)6-4-9/h3-6,12-13,15H,7-8,18H2,1-2H3,(H,19,21)(H,23,24)/t12?,13-,15+/m0/s1. The second kappa shape index (κ2) is 6.34. The highest BCUT2D eigenvalue weighted by Crippen LogP contribution is 2.50. The Morgan fingerprint density at radius 3 is 2.44 bits per heavy atom. The Hall–Kier alpha value is -2.06. The predicted molar refractivity (Wildman–Crippen MR) is 93.7 cm³/mol. The molecule has 134 valence electrons. The number of thioether (sulfide) groups is 1. The minimum atomic E-state index is -1.02. The van der Waals surface area contributed by atoms with Crippen LogP contribution < -0.4 is 11.1 Å². The van der Waals surface area contributed by atoms with Gasteiger partial charge in [0.1, 0.15) is 17.5 Å². The van der Waals surface area contributed by atoms with Gasteiger partial charge >= 0.3 is 5.97 Å². The quantitative estimate of drug-likeness (QED) is 0.650. The number of carbonyl (C=O) groups is 3. The van der Waals surface area contributed by atoms with E-state index in [1.807, 2.05) is 24.3 Å². The molecule has 0 spiro atoms. The summed E-state index contributed by atoms with van der Waals surface area (Å²) in [7, 11) is 0. The van der Waals surface area contributed by atoms with Crippen molar-refractivity contribution in [1.82, 2.24) is 10.2 Å². The van der Waals surface area contributed by atoms with E-state index < -0.39 is 22.8 Å². The van der Waals surface area contributed by atoms with Gasteiger partial charge in [0.15, 0.2) is 0 Å². The number of carboxylic acids is 1. The maximum absolute atomic E-state index is 12.3. The highest BCUT2D eigenvalue weighted by Gasteiger charge is 2.64. The van der Waals surface area contributed by atoms with Gasteiger partial charge in [-0.2, -0.15) is 0 Å². The summed E-state index contributed by atoms with van der Waals surface area (Å²) in [5.74, 6) is -1.60. The van der Waals surface area contributed by atoms with Crippen molar-refractivity contribution in [3.05, 3.63) is 35.4 Å². The number of fused-ring (bicyclic) bond motifs is 1. The lowest BCUT2D eigenvalue weighted by Crippen LogP contribution is -2.70. The van der Waals surface area contributed by atoms with Crippen molar-refractivity contribution in [3.8, 4) is 0 Å². The first-order chi connectivity index (χ1) is 11.7. The molecular weight excluding hydrogens is 342 g/mol. The van der Waals surface area contributed by atoms with E-state index in [-0.39, 0.29) is 23.6 Å². The summed E-state index contributed by atoms with van der Waals surface area (Å²) in [6.45, 7) is 4.05. The molecule has 0 bridgehead atoms. The van der Waals surface area contributed by atoms with Crippen molar-refractivity contribution in [3.63, 3.8) is 0 Å². The first kappa shape index (κ1) is 17.8. The van der Waals surface area contributed by atoms with Gasteiger partial charge in [-0.25, -0.2) is 4.79 Å². The molecule has 2 fully saturated rings. The lowest BCUT2D eigenvalue weighted by Gasteiger charge is -2.43. The third-order valence-electron chi connectivity index (χ3n) is 4.61. The maximum atomic E-state index is 12.3. The van der Waals surface area contributed by atoms with Crippen LogP contribution in [0.2, 0.25) is 0 Å². The SMILES string of the molecule is CC1(C)S[C@@H]2C(NC(=O)Cc3ccc(CN)cc3)C(=O)N2[C@H]1C(=O)O. The van der Waals surface area contributed by atoms with E-state index >= 15 is 0 Å². The number of benzene rings is 1. The van der Waals surface area contributed by atoms with Gasteiger partial charge in [0.05, 0.1) is 6.42 Å². The van der Waals surface area contributed by atoms with Crippen molar-refractivity contribution in [2.75, 3.05) is 0 Å². The van der Waals surface area contributed by atoms with Crippen molar-refractivity contribution < 1.29 is 19.5 Å². The fraction of sp³-hybridized carbons (Fsp3) is 0.471. The first-order valence-electron chi connectivity index (χ1n) is 8.04. The fourth-order valence-corrected chi connectivity index (χ4v) is 4.97. The summed E-state index contributed by atoms with van der Waals surface area (Å²) >= 11 is 1.41. The molecule has 2 amide bonds. The molecule has 0 radical (unpaired) electrons. The number of carboxylic acid groups (broad SMARTS) is 1. The van der Waals surface area contributed by atoms with Gasteiger partial charge in [-0.15, -0.1) is 11.8 Å². The van der Waals surface area contributed by atoms with Crippen molar-refractivity contribution in [2.45, 2.75) is 49.0 Å². The summed E-state index contributed by atoms with van der Waals surface area (Å²) in [6, 6.07) is 5.88. The number of rotatable bonds is 5. The summed E-state index contributed by atoms with van der Waals surface area (Å²) < 4.78 is -0.594. The summed E-state index contributed by atoms with van der Waals surface area (Å²) in [6.07, 6.45) is 0.164. The van der Waals surface area contributed by atoms with Gasteiger partial charge in [-0.1, -0.05) is 24.3 Å². The van der Waals surface area contributed by atoms with Crippen LogP contribution in [0.3, 0.4) is 0 Å². The summed E-state index contributed by atoms with van der Waals surface area (Å²) in [5.41, 5.74) is 7.37. The van der Waals surface area contributed by atoms with Gasteiger partial charge in [0, 0.05) is 11.3 Å². The van der Waals surface area contributed by atoms with E-state index in [2.05, 4.69) is 5.32 Å². The highest BCUT2D eigenvalue weighted by molar-refractivity contribution is 8.01. The summed E-state index contributed by atoms with van der Waals surface area (Å²) in [4.78, 5) is 37.4. The third kappa shape index (κ3) is 3.11. The molecule has 2 heterocycles. The van der Waals surface area contributed by atoms with E-state index in [4.69, 9.17) is 5.73 Å². The molecule has 1 unspecified atom stereocenters. The Morgan fingerprint density at radius 2 is 1.88 bits per heavy atom. The fourth-order valence-electron chi connectivity index (χ4n) is 3.35. The van der Waals surface area contributed by atoms with Crippen LogP contribution in [-0.4, -0.2) is 50.0 Å². The van der Waals surface area contributed by atoms with E-state index in [1.54, 1.807) is 13.8 Å². The molecule has 3 rings (SSSR count). The molecule has 2 aliphatic heterocycles.